The Bertz CT molecular complexity index is 1060. The van der Waals surface area contributed by atoms with Crippen LogP contribution in [0, 0.1) is 0 Å². The van der Waals surface area contributed by atoms with E-state index >= 15 is 0 Å². The number of rotatable bonds is 5. The van der Waals surface area contributed by atoms with Crippen molar-refractivity contribution in [1.29, 1.82) is 0 Å². The molecule has 0 saturated heterocycles. The van der Waals surface area contributed by atoms with Crippen LogP contribution in [0.3, 0.4) is 0 Å². The van der Waals surface area contributed by atoms with Crippen molar-refractivity contribution in [3.8, 4) is 5.75 Å². The number of ether oxygens (including phenoxy) is 1. The molecule has 1 amide bonds. The number of aromatic nitrogens is 1. The van der Waals surface area contributed by atoms with Crippen LogP contribution in [-0.2, 0) is 4.79 Å². The maximum absolute atomic E-state index is 13.0. The van der Waals surface area contributed by atoms with Gasteiger partial charge in [-0.15, -0.1) is 0 Å². The molecule has 4 aromatic rings. The normalized spacial score (nSPS) is 11.5. The summed E-state index contributed by atoms with van der Waals surface area (Å²) in [4.78, 5) is 17.5. The summed E-state index contributed by atoms with van der Waals surface area (Å²) in [6.07, 6.45) is 3.29. The van der Waals surface area contributed by atoms with E-state index in [0.717, 1.165) is 21.5 Å². The molecule has 2 heterocycles. The number of amides is 1. The van der Waals surface area contributed by atoms with Crippen LogP contribution >= 0.6 is 11.3 Å². The molecule has 1 N–H and O–H groups in total. The predicted molar refractivity (Wildman–Crippen MR) is 108 cm³/mol. The van der Waals surface area contributed by atoms with Gasteiger partial charge in [-0.25, -0.2) is 4.98 Å². The van der Waals surface area contributed by atoms with Gasteiger partial charge in [0.1, 0.15) is 11.5 Å². The first-order valence-corrected chi connectivity index (χ1v) is 9.11. The summed E-state index contributed by atoms with van der Waals surface area (Å²) in [5.41, 5.74) is 2.09. The van der Waals surface area contributed by atoms with Gasteiger partial charge in [0.05, 0.1) is 29.2 Å². The van der Waals surface area contributed by atoms with Crippen molar-refractivity contribution < 1.29 is 13.9 Å². The number of methoxy groups -OCH3 is 1. The summed E-state index contributed by atoms with van der Waals surface area (Å²) in [5.74, 6) is 1.07. The lowest BCUT2D eigenvalue weighted by atomic mass is 10.0. The highest BCUT2D eigenvalue weighted by Gasteiger charge is 2.15. The number of carbonyl (C=O) groups excluding carboxylic acids is 1. The molecule has 0 aliphatic rings. The summed E-state index contributed by atoms with van der Waals surface area (Å²) >= 11 is 1.44. The van der Waals surface area contributed by atoms with Crippen LogP contribution in [0.1, 0.15) is 11.3 Å². The van der Waals surface area contributed by atoms with Crippen LogP contribution in [-0.4, -0.2) is 18.0 Å². The summed E-state index contributed by atoms with van der Waals surface area (Å²) in [7, 11) is 1.61. The Hall–Kier alpha value is -3.38. The molecule has 0 spiro atoms. The van der Waals surface area contributed by atoms with Crippen LogP contribution in [0.4, 0.5) is 5.13 Å². The molecule has 27 heavy (non-hydrogen) atoms. The minimum absolute atomic E-state index is 0.254. The van der Waals surface area contributed by atoms with Gasteiger partial charge < -0.3 is 9.15 Å². The number of benzene rings is 2. The first kappa shape index (κ1) is 17.1. The second kappa shape index (κ2) is 7.47. The Morgan fingerprint density at radius 3 is 2.63 bits per heavy atom. The highest BCUT2D eigenvalue weighted by atomic mass is 32.1. The van der Waals surface area contributed by atoms with Crippen molar-refractivity contribution in [1.82, 2.24) is 4.98 Å². The fraction of sp³-hybridized carbons (Fsp3) is 0.0476. The number of carbonyl (C=O) groups is 1. The average molecular weight is 376 g/mol. The van der Waals surface area contributed by atoms with E-state index in [0.29, 0.717) is 16.5 Å². The smallest absolute Gasteiger partial charge is 0.258 e. The molecule has 0 radical (unpaired) electrons. The topological polar surface area (TPSA) is 64.4 Å². The Morgan fingerprint density at radius 2 is 1.93 bits per heavy atom. The van der Waals surface area contributed by atoms with E-state index in [1.165, 1.54) is 11.3 Å². The van der Waals surface area contributed by atoms with Crippen LogP contribution in [0.2, 0.25) is 0 Å². The van der Waals surface area contributed by atoms with Gasteiger partial charge in [0.2, 0.25) is 0 Å². The molecule has 0 unspecified atom stereocenters. The SMILES string of the molecule is COc1ccc(/C(=C/c2ccco2)C(=O)Nc2nc3ccccc3s2)cc1. The number of hydrogen-bond donors (Lipinski definition) is 1. The second-order valence-electron chi connectivity index (χ2n) is 5.74. The molecule has 4 rings (SSSR count). The largest absolute Gasteiger partial charge is 0.497 e. The van der Waals surface area contributed by atoms with Gasteiger partial charge >= 0.3 is 0 Å². The quantitative estimate of drug-likeness (QED) is 0.494. The molecule has 0 bridgehead atoms. The standard InChI is InChI=1S/C21H16N2O3S/c1-25-15-10-8-14(9-11-15)17(13-16-5-4-12-26-16)20(24)23-21-22-18-6-2-3-7-19(18)27-21/h2-13H,1H3,(H,22,23,24)/b17-13-. The Balaban J connectivity index is 1.67. The number of para-hydroxylation sites is 1. The van der Waals surface area contributed by atoms with E-state index in [-0.39, 0.29) is 5.91 Å². The Kier molecular flexibility index (Phi) is 4.72. The molecule has 5 nitrogen and oxygen atoms in total. The molecule has 2 aromatic carbocycles. The maximum Gasteiger partial charge on any atom is 0.258 e. The lowest BCUT2D eigenvalue weighted by molar-refractivity contribution is -0.111. The van der Waals surface area contributed by atoms with Crippen LogP contribution in [0.25, 0.3) is 21.9 Å². The van der Waals surface area contributed by atoms with Gasteiger partial charge in [0.25, 0.3) is 5.91 Å². The van der Waals surface area contributed by atoms with Crippen molar-refractivity contribution in [3.05, 3.63) is 78.3 Å². The van der Waals surface area contributed by atoms with E-state index in [1.54, 1.807) is 31.6 Å². The fourth-order valence-electron chi connectivity index (χ4n) is 2.66. The monoisotopic (exact) mass is 376 g/mol. The summed E-state index contributed by atoms with van der Waals surface area (Å²) in [6, 6.07) is 18.7. The van der Waals surface area contributed by atoms with Crippen molar-refractivity contribution in [2.75, 3.05) is 12.4 Å². The number of hydrogen-bond acceptors (Lipinski definition) is 5. The second-order valence-corrected chi connectivity index (χ2v) is 6.77. The summed E-state index contributed by atoms with van der Waals surface area (Å²) in [5, 5.41) is 3.45. The van der Waals surface area contributed by atoms with Crippen molar-refractivity contribution in [2.45, 2.75) is 0 Å². The lowest BCUT2D eigenvalue weighted by Crippen LogP contribution is -2.13. The van der Waals surface area contributed by atoms with Crippen LogP contribution in [0.5, 0.6) is 5.75 Å². The van der Waals surface area contributed by atoms with Gasteiger partial charge in [-0.05, 0) is 48.0 Å². The summed E-state index contributed by atoms with van der Waals surface area (Å²) < 4.78 is 11.6. The zero-order chi connectivity index (χ0) is 18.6. The molecule has 0 aliphatic heterocycles. The molecular formula is C21H16N2O3S. The highest BCUT2D eigenvalue weighted by molar-refractivity contribution is 7.22. The lowest BCUT2D eigenvalue weighted by Gasteiger charge is -2.08. The van der Waals surface area contributed by atoms with Crippen LogP contribution in [0.15, 0.2) is 71.3 Å². The first-order chi connectivity index (χ1) is 13.2. The number of nitrogens with one attached hydrogen (secondary N) is 1. The molecule has 0 aliphatic carbocycles. The molecule has 2 aromatic heterocycles. The van der Waals surface area contributed by atoms with E-state index in [4.69, 9.17) is 9.15 Å². The number of nitrogens with zero attached hydrogens (tertiary/aromatic N) is 1. The predicted octanol–water partition coefficient (Wildman–Crippen LogP) is 5.08. The average Bonchev–Trinajstić information content (AvgIpc) is 3.35. The zero-order valence-electron chi connectivity index (χ0n) is 14.5. The van der Waals surface area contributed by atoms with Crippen LogP contribution < -0.4 is 10.1 Å². The molecule has 6 heteroatoms. The summed E-state index contributed by atoms with van der Waals surface area (Å²) in [6.45, 7) is 0. The maximum atomic E-state index is 13.0. The van der Waals surface area contributed by atoms with E-state index in [2.05, 4.69) is 10.3 Å². The van der Waals surface area contributed by atoms with Crippen molar-refractivity contribution >= 4 is 44.2 Å². The molecule has 0 fully saturated rings. The van der Waals surface area contributed by atoms with Gasteiger partial charge in [-0.2, -0.15) is 0 Å². The molecule has 0 saturated carbocycles. The Morgan fingerprint density at radius 1 is 1.11 bits per heavy atom. The molecular weight excluding hydrogens is 360 g/mol. The van der Waals surface area contributed by atoms with E-state index in [1.807, 2.05) is 48.5 Å². The minimum Gasteiger partial charge on any atom is -0.497 e. The Labute approximate surface area is 159 Å². The number of fused-ring (bicyclic) bond motifs is 1. The van der Waals surface area contributed by atoms with E-state index < -0.39 is 0 Å². The minimum atomic E-state index is -0.254. The third kappa shape index (κ3) is 3.75. The number of anilines is 1. The zero-order valence-corrected chi connectivity index (χ0v) is 15.3. The third-order valence-electron chi connectivity index (χ3n) is 3.99. The van der Waals surface area contributed by atoms with Crippen molar-refractivity contribution in [3.63, 3.8) is 0 Å². The van der Waals surface area contributed by atoms with Gasteiger partial charge in [0, 0.05) is 0 Å². The van der Waals surface area contributed by atoms with E-state index in [9.17, 15) is 4.79 Å². The number of thiazole rings is 1. The van der Waals surface area contributed by atoms with Crippen molar-refractivity contribution in [2.24, 2.45) is 0 Å². The number of furan rings is 1. The third-order valence-corrected chi connectivity index (χ3v) is 4.94. The van der Waals surface area contributed by atoms with Gasteiger partial charge in [-0.1, -0.05) is 35.6 Å². The molecule has 134 valence electrons. The van der Waals surface area contributed by atoms with Gasteiger partial charge in [-0.3, -0.25) is 10.1 Å². The molecule has 0 atom stereocenters. The first-order valence-electron chi connectivity index (χ1n) is 8.29. The van der Waals surface area contributed by atoms with Gasteiger partial charge in [0.15, 0.2) is 5.13 Å². The fourth-order valence-corrected chi connectivity index (χ4v) is 3.52. The highest BCUT2D eigenvalue weighted by Crippen LogP contribution is 2.28.